The Hall–Kier alpha value is -2.90. The van der Waals surface area contributed by atoms with E-state index in [0.29, 0.717) is 17.8 Å². The summed E-state index contributed by atoms with van der Waals surface area (Å²) in [7, 11) is 0. The molecule has 0 saturated carbocycles. The van der Waals surface area contributed by atoms with Crippen molar-refractivity contribution >= 4 is 17.3 Å². The van der Waals surface area contributed by atoms with Crippen molar-refractivity contribution in [1.29, 1.82) is 0 Å². The van der Waals surface area contributed by atoms with E-state index in [0.717, 1.165) is 32.4 Å². The van der Waals surface area contributed by atoms with Crippen molar-refractivity contribution in [3.63, 3.8) is 0 Å². The van der Waals surface area contributed by atoms with Crippen molar-refractivity contribution in [2.24, 2.45) is 0 Å². The lowest BCUT2D eigenvalue weighted by molar-refractivity contribution is -0.384. The van der Waals surface area contributed by atoms with Crippen LogP contribution in [0.25, 0.3) is 0 Å². The van der Waals surface area contributed by atoms with Crippen molar-refractivity contribution < 1.29 is 9.72 Å². The number of anilines is 1. The van der Waals surface area contributed by atoms with Crippen LogP contribution in [0.1, 0.15) is 36.5 Å². The van der Waals surface area contributed by atoms with Crippen molar-refractivity contribution in [2.75, 3.05) is 18.0 Å². The Morgan fingerprint density at radius 1 is 1.35 bits per heavy atom. The van der Waals surface area contributed by atoms with Gasteiger partial charge in [-0.05, 0) is 44.4 Å². The molecule has 2 aromatic rings. The van der Waals surface area contributed by atoms with E-state index in [1.807, 2.05) is 24.1 Å². The van der Waals surface area contributed by atoms with E-state index in [9.17, 15) is 14.9 Å². The van der Waals surface area contributed by atoms with Crippen molar-refractivity contribution in [1.82, 2.24) is 15.1 Å². The number of amides is 1. The van der Waals surface area contributed by atoms with Gasteiger partial charge in [0.2, 0.25) is 0 Å². The fourth-order valence-corrected chi connectivity index (χ4v) is 3.25. The summed E-state index contributed by atoms with van der Waals surface area (Å²) in [4.78, 5) is 25.6. The van der Waals surface area contributed by atoms with Crippen LogP contribution in [0.4, 0.5) is 11.4 Å². The molecular weight excluding hydrogens is 334 g/mol. The number of aromatic nitrogens is 2. The summed E-state index contributed by atoms with van der Waals surface area (Å²) in [6.07, 6.45) is 6.71. The predicted molar refractivity (Wildman–Crippen MR) is 98.3 cm³/mol. The molecule has 8 heteroatoms. The van der Waals surface area contributed by atoms with Gasteiger partial charge in [-0.2, -0.15) is 5.10 Å². The lowest BCUT2D eigenvalue weighted by atomic mass is 10.1. The molecular formula is C18H23N5O3. The molecule has 0 aliphatic carbocycles. The molecule has 1 atom stereocenters. The quantitative estimate of drug-likeness (QED) is 0.633. The Labute approximate surface area is 151 Å². The van der Waals surface area contributed by atoms with Crippen LogP contribution in [-0.4, -0.2) is 39.7 Å². The van der Waals surface area contributed by atoms with Crippen molar-refractivity contribution in [3.8, 4) is 0 Å². The van der Waals surface area contributed by atoms with Crippen LogP contribution in [0.5, 0.6) is 0 Å². The topological polar surface area (TPSA) is 93.3 Å². The fourth-order valence-electron chi connectivity index (χ4n) is 3.25. The average Bonchev–Trinajstić information content (AvgIpc) is 3.14. The molecule has 138 valence electrons. The average molecular weight is 357 g/mol. The standard InChI is InChI=1S/C18H23N5O3/c1-14(13-22-11-5-8-19-22)20-18(24)15-6-7-16(17(12-15)23(25)26)21-9-3-2-4-10-21/h5-8,11-12,14H,2-4,9-10,13H2,1H3,(H,20,24)/t14-/m0/s1. The van der Waals surface area contributed by atoms with Gasteiger partial charge >= 0.3 is 0 Å². The molecule has 26 heavy (non-hydrogen) atoms. The number of nitrogens with zero attached hydrogens (tertiary/aromatic N) is 4. The smallest absolute Gasteiger partial charge is 0.293 e. The summed E-state index contributed by atoms with van der Waals surface area (Å²) >= 11 is 0. The molecule has 0 bridgehead atoms. The first-order chi connectivity index (χ1) is 12.5. The molecule has 1 N–H and O–H groups in total. The zero-order valence-electron chi connectivity index (χ0n) is 14.8. The molecule has 0 radical (unpaired) electrons. The van der Waals surface area contributed by atoms with Gasteiger partial charge in [0.05, 0.1) is 11.5 Å². The third kappa shape index (κ3) is 4.19. The number of carbonyl (C=O) groups excluding carboxylic acids is 1. The normalized spacial score (nSPS) is 15.5. The van der Waals surface area contributed by atoms with Gasteiger partial charge in [0.15, 0.2) is 0 Å². The van der Waals surface area contributed by atoms with Gasteiger partial charge in [0.25, 0.3) is 11.6 Å². The van der Waals surface area contributed by atoms with Gasteiger partial charge in [0.1, 0.15) is 5.69 Å². The molecule has 8 nitrogen and oxygen atoms in total. The molecule has 1 amide bonds. The maximum absolute atomic E-state index is 12.5. The number of piperidine rings is 1. The number of nitro benzene ring substituents is 1. The molecule has 1 aromatic carbocycles. The number of rotatable bonds is 6. The van der Waals surface area contributed by atoms with Crippen LogP contribution in [0, 0.1) is 10.1 Å². The highest BCUT2D eigenvalue weighted by Crippen LogP contribution is 2.31. The Morgan fingerprint density at radius 3 is 2.77 bits per heavy atom. The first kappa shape index (κ1) is 17.9. The summed E-state index contributed by atoms with van der Waals surface area (Å²) in [5.41, 5.74) is 0.875. The van der Waals surface area contributed by atoms with E-state index in [1.165, 1.54) is 6.07 Å². The van der Waals surface area contributed by atoms with Crippen LogP contribution < -0.4 is 10.2 Å². The maximum Gasteiger partial charge on any atom is 0.293 e. The Morgan fingerprint density at radius 2 is 2.12 bits per heavy atom. The maximum atomic E-state index is 12.5. The molecule has 1 aliphatic rings. The zero-order chi connectivity index (χ0) is 18.5. The van der Waals surface area contributed by atoms with Crippen LogP contribution >= 0.6 is 0 Å². The number of nitrogens with one attached hydrogen (secondary N) is 1. The van der Waals surface area contributed by atoms with E-state index in [2.05, 4.69) is 10.4 Å². The number of nitro groups is 1. The second kappa shape index (κ2) is 7.99. The minimum atomic E-state index is -0.409. The first-order valence-electron chi connectivity index (χ1n) is 8.86. The Balaban J connectivity index is 1.73. The van der Waals surface area contributed by atoms with E-state index in [4.69, 9.17) is 0 Å². The number of benzene rings is 1. The van der Waals surface area contributed by atoms with Crippen LogP contribution in [0.3, 0.4) is 0 Å². The minimum Gasteiger partial charge on any atom is -0.366 e. The largest absolute Gasteiger partial charge is 0.366 e. The van der Waals surface area contributed by atoms with Gasteiger partial charge in [-0.15, -0.1) is 0 Å². The highest BCUT2D eigenvalue weighted by molar-refractivity contribution is 5.96. The van der Waals surface area contributed by atoms with E-state index in [1.54, 1.807) is 23.0 Å². The van der Waals surface area contributed by atoms with Gasteiger partial charge < -0.3 is 10.2 Å². The summed E-state index contributed by atoms with van der Waals surface area (Å²) in [6.45, 7) is 4.03. The Kier molecular flexibility index (Phi) is 5.50. The summed E-state index contributed by atoms with van der Waals surface area (Å²) < 4.78 is 1.73. The number of hydrogen-bond donors (Lipinski definition) is 1. The Bertz CT molecular complexity index is 769. The second-order valence-corrected chi connectivity index (χ2v) is 6.61. The third-order valence-electron chi connectivity index (χ3n) is 4.53. The van der Waals surface area contributed by atoms with Crippen molar-refractivity contribution in [3.05, 3.63) is 52.3 Å². The predicted octanol–water partition coefficient (Wildman–Crippen LogP) is 2.60. The van der Waals surface area contributed by atoms with Gasteiger partial charge in [-0.25, -0.2) is 0 Å². The molecule has 1 aliphatic heterocycles. The lowest BCUT2D eigenvalue weighted by Crippen LogP contribution is -2.36. The molecule has 0 spiro atoms. The van der Waals surface area contributed by atoms with Gasteiger partial charge in [0, 0.05) is 43.2 Å². The van der Waals surface area contributed by atoms with Gasteiger partial charge in [-0.3, -0.25) is 19.6 Å². The van der Waals surface area contributed by atoms with Crippen molar-refractivity contribution in [2.45, 2.75) is 38.8 Å². The van der Waals surface area contributed by atoms with E-state index < -0.39 is 4.92 Å². The third-order valence-corrected chi connectivity index (χ3v) is 4.53. The lowest BCUT2D eigenvalue weighted by Gasteiger charge is -2.28. The summed E-state index contributed by atoms with van der Waals surface area (Å²) in [6, 6.07) is 6.39. The molecule has 1 saturated heterocycles. The highest BCUT2D eigenvalue weighted by Gasteiger charge is 2.23. The van der Waals surface area contributed by atoms with Crippen LogP contribution in [0.2, 0.25) is 0 Å². The molecule has 3 rings (SSSR count). The summed E-state index contributed by atoms with van der Waals surface area (Å²) in [5.74, 6) is -0.321. The van der Waals surface area contributed by atoms with E-state index in [-0.39, 0.29) is 17.6 Å². The van der Waals surface area contributed by atoms with Gasteiger partial charge in [-0.1, -0.05) is 0 Å². The second-order valence-electron chi connectivity index (χ2n) is 6.61. The number of hydrogen-bond acceptors (Lipinski definition) is 5. The van der Waals surface area contributed by atoms with Crippen LogP contribution in [0.15, 0.2) is 36.7 Å². The summed E-state index contributed by atoms with van der Waals surface area (Å²) in [5, 5.41) is 18.5. The highest BCUT2D eigenvalue weighted by atomic mass is 16.6. The fraction of sp³-hybridized carbons (Fsp3) is 0.444. The SMILES string of the molecule is C[C@@H](Cn1cccn1)NC(=O)c1ccc(N2CCCCC2)c([N+](=O)[O-])c1. The monoisotopic (exact) mass is 357 g/mol. The first-order valence-corrected chi connectivity index (χ1v) is 8.86. The van der Waals surface area contributed by atoms with E-state index >= 15 is 0 Å². The molecule has 2 heterocycles. The molecule has 1 fully saturated rings. The van der Waals surface area contributed by atoms with Crippen LogP contribution in [-0.2, 0) is 6.54 Å². The zero-order valence-corrected chi connectivity index (χ0v) is 14.8. The molecule has 0 unspecified atom stereocenters. The molecule has 1 aromatic heterocycles. The number of carbonyl (C=O) groups is 1. The minimum absolute atomic E-state index is 0.0146.